The third-order valence-corrected chi connectivity index (χ3v) is 6.32. The number of hydrogen-bond acceptors (Lipinski definition) is 7. The number of ether oxygens (including phenoxy) is 2. The Balaban J connectivity index is 2.57. The van der Waals surface area contributed by atoms with Crippen molar-refractivity contribution in [3.05, 3.63) is 65.2 Å². The van der Waals surface area contributed by atoms with Crippen LogP contribution >= 0.6 is 0 Å². The van der Waals surface area contributed by atoms with Crippen LogP contribution in [0.3, 0.4) is 0 Å². The second-order valence-electron chi connectivity index (χ2n) is 12.9. The number of benzene rings is 2. The molecule has 2 rings (SSSR count). The first-order valence-electron chi connectivity index (χ1n) is 14.5. The van der Waals surface area contributed by atoms with Gasteiger partial charge in [-0.05, 0) is 83.2 Å². The number of aryl methyl sites for hydroxylation is 1. The summed E-state index contributed by atoms with van der Waals surface area (Å²) < 4.78 is 11.0. The molecule has 10 nitrogen and oxygen atoms in total. The largest absolute Gasteiger partial charge is 0.508 e. The first-order chi connectivity index (χ1) is 20.3. The Morgan fingerprint density at radius 3 is 2.02 bits per heavy atom. The predicted octanol–water partition coefficient (Wildman–Crippen LogP) is 4.78. The molecule has 2 aromatic carbocycles. The number of amides is 3. The van der Waals surface area contributed by atoms with Crippen LogP contribution in [0.15, 0.2) is 48.5 Å². The molecule has 0 fully saturated rings. The van der Waals surface area contributed by atoms with Crippen LogP contribution in [-0.2, 0) is 30.3 Å². The molecule has 0 saturated heterocycles. The Labute approximate surface area is 260 Å². The number of carbonyl (C=O) groups is 4. The summed E-state index contributed by atoms with van der Waals surface area (Å²) in [7, 11) is 0. The quantitative estimate of drug-likeness (QED) is 0.201. The van der Waals surface area contributed by atoms with Crippen molar-refractivity contribution in [2.75, 3.05) is 0 Å². The highest BCUT2D eigenvalue weighted by Crippen LogP contribution is 2.28. The maximum Gasteiger partial charge on any atom is 0.408 e. The summed E-state index contributed by atoms with van der Waals surface area (Å²) in [5.74, 6) is -2.62. The number of aromatic hydroxyl groups is 1. The van der Waals surface area contributed by atoms with Gasteiger partial charge in [0.15, 0.2) is 0 Å². The molecule has 3 N–H and O–H groups in total. The van der Waals surface area contributed by atoms with Crippen LogP contribution in [0.1, 0.15) is 78.1 Å². The Morgan fingerprint density at radius 1 is 0.932 bits per heavy atom. The number of phenols is 1. The van der Waals surface area contributed by atoms with Gasteiger partial charge < -0.3 is 25.2 Å². The normalized spacial score (nSPS) is 13.6. The van der Waals surface area contributed by atoms with Gasteiger partial charge in [-0.2, -0.15) is 0 Å². The zero-order valence-corrected chi connectivity index (χ0v) is 27.1. The number of terminal acetylenes is 1. The summed E-state index contributed by atoms with van der Waals surface area (Å²) in [4.78, 5) is 54.9. The minimum Gasteiger partial charge on any atom is -0.508 e. The minimum absolute atomic E-state index is 0.0196. The van der Waals surface area contributed by atoms with E-state index in [0.717, 1.165) is 10.5 Å². The summed E-state index contributed by atoms with van der Waals surface area (Å²) >= 11 is 0. The van der Waals surface area contributed by atoms with Gasteiger partial charge in [0, 0.05) is 12.5 Å². The lowest BCUT2D eigenvalue weighted by molar-refractivity contribution is -0.159. The maximum absolute atomic E-state index is 14.1. The van der Waals surface area contributed by atoms with Crippen molar-refractivity contribution in [1.29, 1.82) is 0 Å². The average molecular weight is 608 g/mol. The fourth-order valence-corrected chi connectivity index (χ4v) is 4.30. The van der Waals surface area contributed by atoms with Gasteiger partial charge in [-0.25, -0.2) is 9.59 Å². The van der Waals surface area contributed by atoms with Crippen molar-refractivity contribution in [2.24, 2.45) is 5.92 Å². The zero-order chi connectivity index (χ0) is 33.4. The Bertz CT molecular complexity index is 1370. The molecule has 3 amide bonds. The molecule has 3 unspecified atom stereocenters. The van der Waals surface area contributed by atoms with Crippen molar-refractivity contribution in [3.8, 4) is 18.2 Å². The topological polar surface area (TPSA) is 134 Å². The highest BCUT2D eigenvalue weighted by atomic mass is 16.6. The number of rotatable bonds is 10. The number of carbonyl (C=O) groups excluding carboxylic acids is 4. The summed E-state index contributed by atoms with van der Waals surface area (Å²) in [5.41, 5.74) is -0.159. The number of nitrogens with zero attached hydrogens (tertiary/aromatic N) is 1. The van der Waals surface area contributed by atoms with Gasteiger partial charge in [-0.15, -0.1) is 0 Å². The first kappa shape index (κ1) is 35.7. The van der Waals surface area contributed by atoms with E-state index in [1.807, 2.05) is 30.3 Å². The molecule has 238 valence electrons. The minimum atomic E-state index is -1.44. The Hall–Kier alpha value is -4.52. The first-order valence-corrected chi connectivity index (χ1v) is 14.5. The summed E-state index contributed by atoms with van der Waals surface area (Å²) in [6.07, 6.45) is 5.17. The molecule has 0 heterocycles. The molecule has 10 heteroatoms. The summed E-state index contributed by atoms with van der Waals surface area (Å²) in [5, 5.41) is 15.5. The zero-order valence-electron chi connectivity index (χ0n) is 27.1. The van der Waals surface area contributed by atoms with E-state index in [-0.39, 0.29) is 17.7 Å². The van der Waals surface area contributed by atoms with Crippen molar-refractivity contribution in [1.82, 2.24) is 15.5 Å². The van der Waals surface area contributed by atoms with Crippen molar-refractivity contribution in [2.45, 2.75) is 98.1 Å². The molecule has 0 aromatic heterocycles. The van der Waals surface area contributed by atoms with Gasteiger partial charge in [-0.3, -0.25) is 14.5 Å². The van der Waals surface area contributed by atoms with E-state index in [2.05, 4.69) is 16.7 Å². The van der Waals surface area contributed by atoms with Gasteiger partial charge in [0.1, 0.15) is 35.1 Å². The fourth-order valence-electron chi connectivity index (χ4n) is 4.30. The van der Waals surface area contributed by atoms with Gasteiger partial charge in [-0.1, -0.05) is 56.7 Å². The molecule has 2 aromatic rings. The molecule has 0 aliphatic rings. The third kappa shape index (κ3) is 10.6. The molecule has 0 aliphatic heterocycles. The van der Waals surface area contributed by atoms with E-state index < -0.39 is 59.1 Å². The van der Waals surface area contributed by atoms with Gasteiger partial charge in [0.25, 0.3) is 5.91 Å². The second-order valence-corrected chi connectivity index (χ2v) is 12.9. The maximum atomic E-state index is 14.1. The number of hydrogen-bond donors (Lipinski definition) is 3. The molecule has 3 atom stereocenters. The van der Waals surface area contributed by atoms with Crippen LogP contribution in [0.4, 0.5) is 4.79 Å². The van der Waals surface area contributed by atoms with Crippen molar-refractivity contribution in [3.63, 3.8) is 0 Å². The van der Waals surface area contributed by atoms with Crippen LogP contribution in [0.2, 0.25) is 0 Å². The van der Waals surface area contributed by atoms with Crippen LogP contribution in [0.25, 0.3) is 0 Å². The lowest BCUT2D eigenvalue weighted by Crippen LogP contribution is -2.55. The molecular formula is C34H45N3O7. The lowest BCUT2D eigenvalue weighted by atomic mass is 9.97. The van der Waals surface area contributed by atoms with Gasteiger partial charge in [0.2, 0.25) is 5.91 Å². The molecular weight excluding hydrogens is 562 g/mol. The molecule has 0 aliphatic carbocycles. The summed E-state index contributed by atoms with van der Waals surface area (Å²) in [6.45, 7) is 15.3. The second kappa shape index (κ2) is 14.8. The van der Waals surface area contributed by atoms with Crippen molar-refractivity contribution >= 4 is 23.9 Å². The lowest BCUT2D eigenvalue weighted by Gasteiger charge is -2.33. The van der Waals surface area contributed by atoms with Crippen LogP contribution in [0, 0.1) is 25.3 Å². The number of nitrogens with one attached hydrogen (secondary N) is 2. The highest BCUT2D eigenvalue weighted by molar-refractivity contribution is 5.95. The van der Waals surface area contributed by atoms with Gasteiger partial charge in [0.05, 0.1) is 0 Å². The number of phenolic OH excluding ortho intramolecular Hbond substituents is 1. The molecule has 0 spiro atoms. The van der Waals surface area contributed by atoms with E-state index in [4.69, 9.17) is 15.9 Å². The predicted molar refractivity (Wildman–Crippen MR) is 167 cm³/mol. The van der Waals surface area contributed by atoms with E-state index >= 15 is 0 Å². The van der Waals surface area contributed by atoms with Crippen LogP contribution in [-0.4, -0.2) is 57.2 Å². The standard InChI is InChI=1S/C34H45N3O7/c1-11-37(30(40)27(21(2)3)36-32(42)44-34(8,9)10)28(24-17-18-26(38)22(4)19-24)29(39)35-25(31(41)43-33(5,6)7)20-23-15-13-12-14-16-23/h1,12-19,21,25,27-28,38H,20H2,2-10H3,(H,35,39)(H,36,42). The van der Waals surface area contributed by atoms with E-state index in [0.29, 0.717) is 5.56 Å². The molecule has 44 heavy (non-hydrogen) atoms. The van der Waals surface area contributed by atoms with Crippen molar-refractivity contribution < 1.29 is 33.8 Å². The van der Waals surface area contributed by atoms with Gasteiger partial charge >= 0.3 is 12.1 Å². The molecule has 0 bridgehead atoms. The third-order valence-electron chi connectivity index (χ3n) is 6.32. The molecule has 0 saturated carbocycles. The van der Waals surface area contributed by atoms with Crippen LogP contribution in [0.5, 0.6) is 5.75 Å². The average Bonchev–Trinajstić information content (AvgIpc) is 2.89. The Kier molecular flexibility index (Phi) is 12.0. The van der Waals surface area contributed by atoms with E-state index in [1.165, 1.54) is 18.2 Å². The Morgan fingerprint density at radius 2 is 1.52 bits per heavy atom. The number of alkyl carbamates (subject to hydrolysis) is 1. The van der Waals surface area contributed by atoms with E-state index in [9.17, 15) is 24.3 Å². The SMILES string of the molecule is C#CN(C(=O)C(NC(=O)OC(C)(C)C)C(C)C)C(C(=O)NC(Cc1ccccc1)C(=O)OC(C)(C)C)c1ccc(O)c(C)c1. The van der Waals surface area contributed by atoms with E-state index in [1.54, 1.807) is 62.3 Å². The molecule has 0 radical (unpaired) electrons. The summed E-state index contributed by atoms with van der Waals surface area (Å²) in [6, 6.07) is 12.1. The monoisotopic (exact) mass is 607 g/mol. The smallest absolute Gasteiger partial charge is 0.408 e. The fraction of sp³-hybridized carbons (Fsp3) is 0.471. The highest BCUT2D eigenvalue weighted by Gasteiger charge is 2.39. The van der Waals surface area contributed by atoms with Crippen LogP contribution < -0.4 is 10.6 Å². The number of esters is 1.